The quantitative estimate of drug-likeness (QED) is 0.748. The van der Waals surface area contributed by atoms with Crippen LogP contribution in [0.1, 0.15) is 5.56 Å². The first-order valence-corrected chi connectivity index (χ1v) is 6.61. The summed E-state index contributed by atoms with van der Waals surface area (Å²) in [6.07, 6.45) is 0. The Bertz CT molecular complexity index is 878. The van der Waals surface area contributed by atoms with Gasteiger partial charge in [0.2, 0.25) is 11.2 Å². The molecule has 0 fully saturated rings. The fourth-order valence-electron chi connectivity index (χ4n) is 2.23. The maximum Gasteiger partial charge on any atom is 0.298 e. The highest BCUT2D eigenvalue weighted by atomic mass is 16.5. The van der Waals surface area contributed by atoms with Crippen LogP contribution in [-0.2, 0) is 11.4 Å². The third-order valence-corrected chi connectivity index (χ3v) is 3.32. The first-order valence-electron chi connectivity index (χ1n) is 6.61. The molecule has 5 heteroatoms. The van der Waals surface area contributed by atoms with Crippen molar-refractivity contribution in [3.8, 4) is 17.1 Å². The summed E-state index contributed by atoms with van der Waals surface area (Å²) < 4.78 is 10.6. The van der Waals surface area contributed by atoms with E-state index in [1.807, 2.05) is 0 Å². The Hall–Kier alpha value is -2.92. The number of fused-ring (bicyclic) bond motifs is 1. The Labute approximate surface area is 125 Å². The van der Waals surface area contributed by atoms with Gasteiger partial charge in [0, 0.05) is 5.56 Å². The van der Waals surface area contributed by atoms with E-state index in [0.29, 0.717) is 16.5 Å². The average molecular weight is 296 g/mol. The van der Waals surface area contributed by atoms with E-state index in [1.54, 1.807) is 48.5 Å². The first-order chi connectivity index (χ1) is 10.7. The number of ether oxygens (including phenoxy) is 1. The average Bonchev–Trinajstić information content (AvgIpc) is 2.57. The predicted molar refractivity (Wildman–Crippen MR) is 80.5 cm³/mol. The maximum atomic E-state index is 12.5. The second kappa shape index (κ2) is 5.83. The number of carbonyl (C=O) groups excluding carboxylic acids is 1. The molecule has 0 saturated carbocycles. The van der Waals surface area contributed by atoms with Crippen LogP contribution in [0.3, 0.4) is 0 Å². The zero-order valence-electron chi connectivity index (χ0n) is 11.5. The standard InChI is InChI=1S/C17H12O5/c18-9-11-5-7-12(8-6-11)16-17(21-10-19)15(20)13-3-1-2-4-14(13)22-16/h1-8,10,18H,9H2. The highest BCUT2D eigenvalue weighted by Crippen LogP contribution is 2.30. The molecule has 1 N–H and O–H groups in total. The van der Waals surface area contributed by atoms with Gasteiger partial charge in [-0.2, -0.15) is 0 Å². The van der Waals surface area contributed by atoms with Gasteiger partial charge in [0.1, 0.15) is 5.58 Å². The summed E-state index contributed by atoms with van der Waals surface area (Å²) >= 11 is 0. The fraction of sp³-hybridized carbons (Fsp3) is 0.0588. The van der Waals surface area contributed by atoms with Gasteiger partial charge in [0.25, 0.3) is 6.47 Å². The maximum absolute atomic E-state index is 12.5. The second-order valence-electron chi connectivity index (χ2n) is 4.65. The molecule has 1 aromatic heterocycles. The summed E-state index contributed by atoms with van der Waals surface area (Å²) in [6.45, 7) is 0.117. The molecule has 0 aliphatic heterocycles. The molecule has 0 aliphatic rings. The molecule has 2 aromatic carbocycles. The van der Waals surface area contributed by atoms with Crippen molar-refractivity contribution in [1.82, 2.24) is 0 Å². The minimum Gasteiger partial charge on any atom is -0.452 e. The lowest BCUT2D eigenvalue weighted by atomic mass is 10.1. The Morgan fingerprint density at radius 1 is 1.09 bits per heavy atom. The Kier molecular flexibility index (Phi) is 3.72. The van der Waals surface area contributed by atoms with Gasteiger partial charge < -0.3 is 14.3 Å². The normalized spacial score (nSPS) is 10.6. The number of aliphatic hydroxyl groups is 1. The van der Waals surface area contributed by atoms with E-state index < -0.39 is 5.43 Å². The molecule has 0 aliphatic carbocycles. The summed E-state index contributed by atoms with van der Waals surface area (Å²) in [6, 6.07) is 13.5. The first kappa shape index (κ1) is 14.0. The minimum absolute atomic E-state index is 0.0837. The van der Waals surface area contributed by atoms with Gasteiger partial charge in [-0.05, 0) is 17.7 Å². The van der Waals surface area contributed by atoms with Gasteiger partial charge in [-0.15, -0.1) is 0 Å². The van der Waals surface area contributed by atoms with Crippen molar-refractivity contribution < 1.29 is 19.1 Å². The van der Waals surface area contributed by atoms with E-state index in [-0.39, 0.29) is 24.6 Å². The van der Waals surface area contributed by atoms with Gasteiger partial charge in [0.05, 0.1) is 12.0 Å². The lowest BCUT2D eigenvalue weighted by molar-refractivity contribution is -0.120. The number of carbonyl (C=O) groups is 1. The third kappa shape index (κ3) is 2.38. The highest BCUT2D eigenvalue weighted by molar-refractivity contribution is 5.82. The number of hydrogen-bond donors (Lipinski definition) is 1. The molecule has 0 unspecified atom stereocenters. The summed E-state index contributed by atoms with van der Waals surface area (Å²) in [7, 11) is 0. The van der Waals surface area contributed by atoms with Gasteiger partial charge in [-0.3, -0.25) is 9.59 Å². The van der Waals surface area contributed by atoms with Crippen LogP contribution in [0.25, 0.3) is 22.3 Å². The molecule has 3 rings (SSSR count). The van der Waals surface area contributed by atoms with Crippen molar-refractivity contribution in [2.24, 2.45) is 0 Å². The predicted octanol–water partition coefficient (Wildman–Crippen LogP) is 2.49. The Morgan fingerprint density at radius 2 is 1.82 bits per heavy atom. The number of hydrogen-bond acceptors (Lipinski definition) is 5. The monoisotopic (exact) mass is 296 g/mol. The molecule has 0 atom stereocenters. The molecule has 0 spiro atoms. The molecule has 5 nitrogen and oxygen atoms in total. The molecule has 0 amide bonds. The minimum atomic E-state index is -0.407. The number of rotatable bonds is 4. The molecule has 22 heavy (non-hydrogen) atoms. The van der Waals surface area contributed by atoms with Crippen molar-refractivity contribution >= 4 is 17.4 Å². The van der Waals surface area contributed by atoms with E-state index in [2.05, 4.69) is 0 Å². The third-order valence-electron chi connectivity index (χ3n) is 3.32. The molecular formula is C17H12O5. The van der Waals surface area contributed by atoms with E-state index in [0.717, 1.165) is 5.56 Å². The molecule has 110 valence electrons. The van der Waals surface area contributed by atoms with Crippen LogP contribution in [0.4, 0.5) is 0 Å². The molecule has 0 radical (unpaired) electrons. The van der Waals surface area contributed by atoms with Crippen molar-refractivity contribution in [2.75, 3.05) is 0 Å². The topological polar surface area (TPSA) is 76.7 Å². The summed E-state index contributed by atoms with van der Waals surface area (Å²) in [5, 5.41) is 9.42. The van der Waals surface area contributed by atoms with Crippen LogP contribution in [0, 0.1) is 0 Å². The van der Waals surface area contributed by atoms with Gasteiger partial charge in [0.15, 0.2) is 5.76 Å². The summed E-state index contributed by atoms with van der Waals surface area (Å²) in [4.78, 5) is 23.2. The van der Waals surface area contributed by atoms with Gasteiger partial charge in [-0.25, -0.2) is 0 Å². The number of benzene rings is 2. The number of aliphatic hydroxyl groups excluding tert-OH is 1. The fourth-order valence-corrected chi connectivity index (χ4v) is 2.23. The molecular weight excluding hydrogens is 284 g/mol. The number of para-hydroxylation sites is 1. The largest absolute Gasteiger partial charge is 0.452 e. The summed E-state index contributed by atoms with van der Waals surface area (Å²) in [5.74, 6) is 0.0331. The Morgan fingerprint density at radius 3 is 2.50 bits per heavy atom. The van der Waals surface area contributed by atoms with Crippen LogP contribution in [0.5, 0.6) is 5.75 Å². The van der Waals surface area contributed by atoms with Crippen LogP contribution in [0.15, 0.2) is 57.7 Å². The smallest absolute Gasteiger partial charge is 0.298 e. The van der Waals surface area contributed by atoms with Crippen LogP contribution in [-0.4, -0.2) is 11.6 Å². The second-order valence-corrected chi connectivity index (χ2v) is 4.65. The Balaban J connectivity index is 2.28. The highest BCUT2D eigenvalue weighted by Gasteiger charge is 2.17. The van der Waals surface area contributed by atoms with E-state index >= 15 is 0 Å². The van der Waals surface area contributed by atoms with Gasteiger partial charge >= 0.3 is 0 Å². The van der Waals surface area contributed by atoms with E-state index in [4.69, 9.17) is 14.3 Å². The van der Waals surface area contributed by atoms with Gasteiger partial charge in [-0.1, -0.05) is 36.4 Å². The van der Waals surface area contributed by atoms with Crippen LogP contribution in [0.2, 0.25) is 0 Å². The molecule has 0 saturated heterocycles. The van der Waals surface area contributed by atoms with E-state index in [1.165, 1.54) is 0 Å². The molecule has 1 heterocycles. The van der Waals surface area contributed by atoms with Crippen molar-refractivity contribution in [3.05, 3.63) is 64.3 Å². The zero-order chi connectivity index (χ0) is 15.5. The van der Waals surface area contributed by atoms with Crippen molar-refractivity contribution in [2.45, 2.75) is 6.61 Å². The van der Waals surface area contributed by atoms with Crippen LogP contribution >= 0.6 is 0 Å². The van der Waals surface area contributed by atoms with Crippen LogP contribution < -0.4 is 10.2 Å². The summed E-state index contributed by atoms with van der Waals surface area (Å²) in [5.41, 5.74) is 1.31. The van der Waals surface area contributed by atoms with E-state index in [9.17, 15) is 9.59 Å². The lowest BCUT2D eigenvalue weighted by Gasteiger charge is -2.08. The van der Waals surface area contributed by atoms with Crippen molar-refractivity contribution in [1.29, 1.82) is 0 Å². The van der Waals surface area contributed by atoms with Crippen molar-refractivity contribution in [3.63, 3.8) is 0 Å². The molecule has 0 bridgehead atoms. The molecule has 3 aromatic rings. The lowest BCUT2D eigenvalue weighted by Crippen LogP contribution is -2.09. The zero-order valence-corrected chi connectivity index (χ0v) is 11.5. The SMILES string of the molecule is O=COc1c(-c2ccc(CO)cc2)oc2ccccc2c1=O.